The van der Waals surface area contributed by atoms with Gasteiger partial charge in [0.15, 0.2) is 0 Å². The molecule has 0 N–H and O–H groups in total. The molecule has 0 aliphatic carbocycles. The molecule has 4 rings (SSSR count). The van der Waals surface area contributed by atoms with E-state index in [4.69, 9.17) is 37.7 Å². The molecule has 0 unspecified atom stereocenters. The number of ether oxygens (including phenoxy) is 2. The number of para-hydroxylation sites is 2. The molecule has 0 radical (unpaired) electrons. The lowest BCUT2D eigenvalue weighted by atomic mass is 10.2. The zero-order valence-electron chi connectivity index (χ0n) is 15.2. The maximum absolute atomic E-state index is 6.22. The molecule has 0 spiro atoms. The topological polar surface area (TPSA) is 36.3 Å². The Labute approximate surface area is 173 Å². The Bertz CT molecular complexity index is 1110. The molecule has 0 atom stereocenters. The highest BCUT2D eigenvalue weighted by Gasteiger charge is 2.13. The summed E-state index contributed by atoms with van der Waals surface area (Å²) in [5.41, 5.74) is 3.13. The van der Waals surface area contributed by atoms with Crippen molar-refractivity contribution < 1.29 is 9.47 Å². The molecular formula is C22H18Cl2N2O2. The van der Waals surface area contributed by atoms with E-state index >= 15 is 0 Å². The molecule has 0 bridgehead atoms. The molecule has 0 fully saturated rings. The van der Waals surface area contributed by atoms with E-state index in [-0.39, 0.29) is 0 Å². The van der Waals surface area contributed by atoms with Gasteiger partial charge in [0.1, 0.15) is 23.9 Å². The van der Waals surface area contributed by atoms with Crippen LogP contribution in [0.3, 0.4) is 0 Å². The molecule has 28 heavy (non-hydrogen) atoms. The third kappa shape index (κ3) is 3.93. The third-order valence-electron chi connectivity index (χ3n) is 4.48. The maximum Gasteiger partial charge on any atom is 0.148 e. The molecule has 0 saturated carbocycles. The lowest BCUT2D eigenvalue weighted by molar-refractivity contribution is 0.291. The molecule has 1 heterocycles. The van der Waals surface area contributed by atoms with Gasteiger partial charge in [0, 0.05) is 11.6 Å². The van der Waals surface area contributed by atoms with Crippen LogP contribution in [-0.2, 0) is 13.2 Å². The van der Waals surface area contributed by atoms with Gasteiger partial charge in [-0.2, -0.15) is 0 Å². The first-order valence-corrected chi connectivity index (χ1v) is 9.54. The van der Waals surface area contributed by atoms with E-state index in [1.54, 1.807) is 25.3 Å². The number of nitrogens with zero attached hydrogens (tertiary/aromatic N) is 2. The molecule has 4 aromatic rings. The van der Waals surface area contributed by atoms with Gasteiger partial charge in [-0.15, -0.1) is 0 Å². The van der Waals surface area contributed by atoms with Gasteiger partial charge in [-0.25, -0.2) is 4.98 Å². The van der Waals surface area contributed by atoms with Crippen molar-refractivity contribution in [3.05, 3.63) is 88.2 Å². The summed E-state index contributed by atoms with van der Waals surface area (Å²) in [4.78, 5) is 4.75. The summed E-state index contributed by atoms with van der Waals surface area (Å²) in [7, 11) is 1.66. The van der Waals surface area contributed by atoms with Crippen LogP contribution in [0.15, 0.2) is 66.7 Å². The second kappa shape index (κ2) is 8.13. The van der Waals surface area contributed by atoms with Crippen molar-refractivity contribution in [2.24, 2.45) is 0 Å². The van der Waals surface area contributed by atoms with Crippen LogP contribution in [0.2, 0.25) is 10.0 Å². The summed E-state index contributed by atoms with van der Waals surface area (Å²) in [5, 5.41) is 1.05. The van der Waals surface area contributed by atoms with Crippen LogP contribution in [-0.4, -0.2) is 16.7 Å². The quantitative estimate of drug-likeness (QED) is 0.390. The van der Waals surface area contributed by atoms with Crippen LogP contribution in [0, 0.1) is 0 Å². The van der Waals surface area contributed by atoms with Crippen molar-refractivity contribution in [1.29, 1.82) is 0 Å². The van der Waals surface area contributed by atoms with Gasteiger partial charge in [0.05, 0.1) is 23.2 Å². The number of aromatic nitrogens is 2. The van der Waals surface area contributed by atoms with Crippen molar-refractivity contribution in [2.75, 3.05) is 7.11 Å². The Morgan fingerprint density at radius 3 is 2.50 bits per heavy atom. The second-order valence-corrected chi connectivity index (χ2v) is 7.16. The van der Waals surface area contributed by atoms with E-state index in [9.17, 15) is 0 Å². The van der Waals surface area contributed by atoms with E-state index in [1.807, 2.05) is 42.5 Å². The van der Waals surface area contributed by atoms with Crippen molar-refractivity contribution in [3.8, 4) is 11.5 Å². The average molecular weight is 413 g/mol. The first-order valence-electron chi connectivity index (χ1n) is 8.79. The summed E-state index contributed by atoms with van der Waals surface area (Å²) in [6, 6.07) is 21.2. The smallest absolute Gasteiger partial charge is 0.148 e. The summed E-state index contributed by atoms with van der Waals surface area (Å²) < 4.78 is 13.3. The molecule has 0 saturated heterocycles. The van der Waals surface area contributed by atoms with Gasteiger partial charge in [-0.05, 0) is 48.0 Å². The number of methoxy groups -OCH3 is 1. The van der Waals surface area contributed by atoms with E-state index in [1.165, 1.54) is 0 Å². The highest BCUT2D eigenvalue weighted by atomic mass is 35.5. The fourth-order valence-corrected chi connectivity index (χ4v) is 3.52. The number of halogens is 2. The van der Waals surface area contributed by atoms with Crippen LogP contribution >= 0.6 is 23.2 Å². The SMILES string of the molecule is COc1ccc(Cn2c(COc3ccc(Cl)cc3Cl)nc3ccccc32)cc1. The van der Waals surface area contributed by atoms with Gasteiger partial charge in [-0.3, -0.25) is 0 Å². The molecule has 142 valence electrons. The molecule has 6 heteroatoms. The zero-order chi connectivity index (χ0) is 19.5. The number of imidazole rings is 1. The molecule has 0 amide bonds. The standard InChI is InChI=1S/C22H18Cl2N2O2/c1-27-17-9-6-15(7-10-17)13-26-20-5-3-2-4-19(20)25-22(26)14-28-21-11-8-16(23)12-18(21)24/h2-12H,13-14H2,1H3. The van der Waals surface area contributed by atoms with Gasteiger partial charge in [0.2, 0.25) is 0 Å². The summed E-state index contributed by atoms with van der Waals surface area (Å²) in [6.07, 6.45) is 0. The largest absolute Gasteiger partial charge is 0.497 e. The normalized spacial score (nSPS) is 11.0. The molecule has 4 nitrogen and oxygen atoms in total. The van der Waals surface area contributed by atoms with Crippen LogP contribution in [0.4, 0.5) is 0 Å². The Morgan fingerprint density at radius 2 is 1.75 bits per heavy atom. The van der Waals surface area contributed by atoms with E-state index in [2.05, 4.69) is 10.6 Å². The molecule has 3 aromatic carbocycles. The number of hydrogen-bond acceptors (Lipinski definition) is 3. The zero-order valence-corrected chi connectivity index (χ0v) is 16.7. The predicted molar refractivity (Wildman–Crippen MR) is 113 cm³/mol. The first kappa shape index (κ1) is 18.7. The average Bonchev–Trinajstić information content (AvgIpc) is 3.05. The van der Waals surface area contributed by atoms with Gasteiger partial charge in [0.25, 0.3) is 0 Å². The lowest BCUT2D eigenvalue weighted by Crippen LogP contribution is -2.08. The highest BCUT2D eigenvalue weighted by molar-refractivity contribution is 6.35. The fourth-order valence-electron chi connectivity index (χ4n) is 3.06. The second-order valence-electron chi connectivity index (χ2n) is 6.31. The van der Waals surface area contributed by atoms with E-state index in [0.29, 0.717) is 28.9 Å². The Morgan fingerprint density at radius 1 is 0.964 bits per heavy atom. The van der Waals surface area contributed by atoms with Gasteiger partial charge in [-0.1, -0.05) is 47.5 Å². The number of fused-ring (bicyclic) bond motifs is 1. The summed E-state index contributed by atoms with van der Waals surface area (Å²) in [5.74, 6) is 2.23. The Balaban J connectivity index is 1.64. The van der Waals surface area contributed by atoms with E-state index < -0.39 is 0 Å². The fraction of sp³-hybridized carbons (Fsp3) is 0.136. The predicted octanol–water partition coefficient (Wildman–Crippen LogP) is 5.98. The molecule has 1 aromatic heterocycles. The summed E-state index contributed by atoms with van der Waals surface area (Å²) >= 11 is 12.2. The molecule has 0 aliphatic rings. The third-order valence-corrected chi connectivity index (χ3v) is 5.01. The van der Waals surface area contributed by atoms with Crippen molar-refractivity contribution in [1.82, 2.24) is 9.55 Å². The van der Waals surface area contributed by atoms with Crippen LogP contribution < -0.4 is 9.47 Å². The minimum absolute atomic E-state index is 0.298. The Hall–Kier alpha value is -2.69. The number of hydrogen-bond donors (Lipinski definition) is 0. The van der Waals surface area contributed by atoms with Crippen LogP contribution in [0.5, 0.6) is 11.5 Å². The maximum atomic E-state index is 6.22. The minimum Gasteiger partial charge on any atom is -0.497 e. The lowest BCUT2D eigenvalue weighted by Gasteiger charge is -2.12. The number of benzene rings is 3. The van der Waals surface area contributed by atoms with Crippen molar-refractivity contribution >= 4 is 34.2 Å². The first-order chi connectivity index (χ1) is 13.6. The van der Waals surface area contributed by atoms with Gasteiger partial charge >= 0.3 is 0 Å². The Kier molecular flexibility index (Phi) is 5.42. The van der Waals surface area contributed by atoms with E-state index in [0.717, 1.165) is 28.2 Å². The van der Waals surface area contributed by atoms with Crippen molar-refractivity contribution in [3.63, 3.8) is 0 Å². The molecule has 0 aliphatic heterocycles. The summed E-state index contributed by atoms with van der Waals surface area (Å²) in [6.45, 7) is 0.976. The highest BCUT2D eigenvalue weighted by Crippen LogP contribution is 2.28. The molecular weight excluding hydrogens is 395 g/mol. The van der Waals surface area contributed by atoms with Crippen LogP contribution in [0.1, 0.15) is 11.4 Å². The monoisotopic (exact) mass is 412 g/mol. The van der Waals surface area contributed by atoms with Crippen LogP contribution in [0.25, 0.3) is 11.0 Å². The van der Waals surface area contributed by atoms with Gasteiger partial charge < -0.3 is 14.0 Å². The minimum atomic E-state index is 0.298. The van der Waals surface area contributed by atoms with Crippen molar-refractivity contribution in [2.45, 2.75) is 13.2 Å². The number of rotatable bonds is 6.